The van der Waals surface area contributed by atoms with E-state index >= 15 is 0 Å². The van der Waals surface area contributed by atoms with Crippen LogP contribution in [0.5, 0.6) is 0 Å². The largest absolute Gasteiger partial charge is 0.481 e. The van der Waals surface area contributed by atoms with Gasteiger partial charge in [-0.2, -0.15) is 13.2 Å². The normalized spacial score (nSPS) is 21.1. The van der Waals surface area contributed by atoms with Gasteiger partial charge in [-0.05, 0) is 30.5 Å². The number of nitrogens with zero attached hydrogens (tertiary/aromatic N) is 1. The second kappa shape index (κ2) is 5.98. The van der Waals surface area contributed by atoms with E-state index in [1.165, 1.54) is 24.1 Å². The summed E-state index contributed by atoms with van der Waals surface area (Å²) >= 11 is 0. The van der Waals surface area contributed by atoms with Crippen LogP contribution in [0, 0.1) is 11.8 Å². The molecule has 1 saturated carbocycles. The Labute approximate surface area is 125 Å². The van der Waals surface area contributed by atoms with E-state index < -0.39 is 29.5 Å². The lowest BCUT2D eigenvalue weighted by atomic mass is 9.73. The summed E-state index contributed by atoms with van der Waals surface area (Å²) in [5, 5.41) is 8.95. The number of rotatable bonds is 4. The number of carboxylic acid groups (broad SMARTS) is 1. The molecule has 2 unspecified atom stereocenters. The lowest BCUT2D eigenvalue weighted by molar-refractivity contribution is -0.156. The van der Waals surface area contributed by atoms with Crippen LogP contribution in [-0.2, 0) is 22.3 Å². The first-order valence-corrected chi connectivity index (χ1v) is 6.84. The topological polar surface area (TPSA) is 57.6 Å². The first-order valence-electron chi connectivity index (χ1n) is 6.84. The van der Waals surface area contributed by atoms with Gasteiger partial charge < -0.3 is 10.0 Å². The molecule has 1 amide bonds. The van der Waals surface area contributed by atoms with Crippen molar-refractivity contribution in [3.63, 3.8) is 0 Å². The van der Waals surface area contributed by atoms with E-state index in [1.54, 1.807) is 0 Å². The Morgan fingerprint density at radius 2 is 1.91 bits per heavy atom. The molecule has 0 aromatic heterocycles. The van der Waals surface area contributed by atoms with Gasteiger partial charge in [0.1, 0.15) is 0 Å². The van der Waals surface area contributed by atoms with Crippen LogP contribution in [0.4, 0.5) is 13.2 Å². The minimum Gasteiger partial charge on any atom is -0.481 e. The summed E-state index contributed by atoms with van der Waals surface area (Å²) in [7, 11) is 1.47. The molecule has 4 nitrogen and oxygen atoms in total. The molecule has 0 aliphatic heterocycles. The maximum Gasteiger partial charge on any atom is 0.416 e. The van der Waals surface area contributed by atoms with Crippen LogP contribution >= 0.6 is 0 Å². The second-order valence-corrected chi connectivity index (χ2v) is 5.52. The predicted molar refractivity (Wildman–Crippen MR) is 71.8 cm³/mol. The molecule has 120 valence electrons. The first kappa shape index (κ1) is 16.3. The molecular weight excluding hydrogens is 299 g/mol. The number of amides is 1. The van der Waals surface area contributed by atoms with E-state index in [4.69, 9.17) is 5.11 Å². The highest BCUT2D eigenvalue weighted by Gasteiger charge is 2.42. The van der Waals surface area contributed by atoms with Crippen LogP contribution in [0.1, 0.15) is 24.0 Å². The predicted octanol–water partition coefficient (Wildman–Crippen LogP) is 2.77. The molecule has 1 N–H and O–H groups in total. The number of carbonyl (C=O) groups is 2. The standard InChI is InChI=1S/C15H16F3NO3/c1-19(13(20)11-5-6-12(11)14(21)22)8-9-3-2-4-10(7-9)15(16,17)18/h2-4,7,11-12H,5-6,8H2,1H3,(H,21,22). The SMILES string of the molecule is CN(Cc1cccc(C(F)(F)F)c1)C(=O)C1CCC1C(=O)O. The highest BCUT2D eigenvalue weighted by molar-refractivity contribution is 5.86. The van der Waals surface area contributed by atoms with E-state index in [2.05, 4.69) is 0 Å². The minimum absolute atomic E-state index is 0.0194. The molecule has 0 bridgehead atoms. The number of aliphatic carboxylic acids is 1. The average molecular weight is 315 g/mol. The fraction of sp³-hybridized carbons (Fsp3) is 0.467. The van der Waals surface area contributed by atoms with Gasteiger partial charge in [-0.3, -0.25) is 9.59 Å². The summed E-state index contributed by atoms with van der Waals surface area (Å²) in [6.45, 7) is 0.0194. The van der Waals surface area contributed by atoms with Crippen LogP contribution in [0.25, 0.3) is 0 Å². The number of carbonyl (C=O) groups excluding carboxylic acids is 1. The third kappa shape index (κ3) is 3.40. The molecule has 1 aliphatic carbocycles. The van der Waals surface area contributed by atoms with E-state index in [0.29, 0.717) is 18.4 Å². The number of halogens is 3. The van der Waals surface area contributed by atoms with Crippen molar-refractivity contribution < 1.29 is 27.9 Å². The zero-order chi connectivity index (χ0) is 16.5. The number of benzene rings is 1. The van der Waals surface area contributed by atoms with E-state index in [0.717, 1.165) is 12.1 Å². The van der Waals surface area contributed by atoms with Gasteiger partial charge in [0.05, 0.1) is 17.4 Å². The Morgan fingerprint density at radius 1 is 1.27 bits per heavy atom. The Balaban J connectivity index is 2.04. The van der Waals surface area contributed by atoms with Crippen LogP contribution < -0.4 is 0 Å². The Kier molecular flexibility index (Phi) is 4.44. The third-order valence-electron chi connectivity index (χ3n) is 3.96. The molecule has 1 aromatic carbocycles. The Morgan fingerprint density at radius 3 is 2.41 bits per heavy atom. The summed E-state index contributed by atoms with van der Waals surface area (Å²) in [5.41, 5.74) is -0.408. The third-order valence-corrected chi connectivity index (χ3v) is 3.96. The molecule has 7 heteroatoms. The van der Waals surface area contributed by atoms with Crippen molar-refractivity contribution in [1.29, 1.82) is 0 Å². The zero-order valence-corrected chi connectivity index (χ0v) is 11.9. The fourth-order valence-electron chi connectivity index (χ4n) is 2.57. The second-order valence-electron chi connectivity index (χ2n) is 5.52. The van der Waals surface area contributed by atoms with Gasteiger partial charge in [0.25, 0.3) is 0 Å². The van der Waals surface area contributed by atoms with Gasteiger partial charge in [-0.15, -0.1) is 0 Å². The number of carboxylic acids is 1. The van der Waals surface area contributed by atoms with Crippen molar-refractivity contribution in [2.24, 2.45) is 11.8 Å². The van der Waals surface area contributed by atoms with Gasteiger partial charge in [0.2, 0.25) is 5.91 Å². The van der Waals surface area contributed by atoms with E-state index in [1.807, 2.05) is 0 Å². The monoisotopic (exact) mass is 315 g/mol. The maximum atomic E-state index is 12.7. The maximum absolute atomic E-state index is 12.7. The summed E-state index contributed by atoms with van der Waals surface area (Å²) in [4.78, 5) is 24.4. The van der Waals surface area contributed by atoms with Crippen molar-refractivity contribution in [1.82, 2.24) is 4.90 Å². The van der Waals surface area contributed by atoms with Gasteiger partial charge in [-0.1, -0.05) is 12.1 Å². The van der Waals surface area contributed by atoms with Crippen LogP contribution in [-0.4, -0.2) is 28.9 Å². The number of alkyl halides is 3. The molecule has 2 atom stereocenters. The number of hydrogen-bond donors (Lipinski definition) is 1. The minimum atomic E-state index is -4.43. The average Bonchev–Trinajstić information content (AvgIpc) is 2.35. The van der Waals surface area contributed by atoms with Crippen molar-refractivity contribution in [3.8, 4) is 0 Å². The lowest BCUT2D eigenvalue weighted by Crippen LogP contribution is -2.44. The number of hydrogen-bond acceptors (Lipinski definition) is 2. The van der Waals surface area contributed by atoms with Gasteiger partial charge in [0.15, 0.2) is 0 Å². The Bertz CT molecular complexity index is 586. The molecule has 0 saturated heterocycles. The van der Waals surface area contributed by atoms with Gasteiger partial charge in [-0.25, -0.2) is 0 Å². The lowest BCUT2D eigenvalue weighted by Gasteiger charge is -2.35. The van der Waals surface area contributed by atoms with E-state index in [9.17, 15) is 22.8 Å². The summed E-state index contributed by atoms with van der Waals surface area (Å²) in [5.74, 6) is -2.60. The molecule has 1 aromatic rings. The molecule has 0 radical (unpaired) electrons. The molecule has 0 spiro atoms. The molecule has 1 fully saturated rings. The first-order chi connectivity index (χ1) is 10.2. The summed E-state index contributed by atoms with van der Waals surface area (Å²) in [6.07, 6.45) is -3.47. The molecular formula is C15H16F3NO3. The smallest absolute Gasteiger partial charge is 0.416 e. The van der Waals surface area contributed by atoms with Crippen LogP contribution in [0.15, 0.2) is 24.3 Å². The van der Waals surface area contributed by atoms with Crippen LogP contribution in [0.3, 0.4) is 0 Å². The van der Waals surface area contributed by atoms with E-state index in [-0.39, 0.29) is 12.5 Å². The summed E-state index contributed by atoms with van der Waals surface area (Å²) < 4.78 is 38.0. The highest BCUT2D eigenvalue weighted by Crippen LogP contribution is 2.36. The van der Waals surface area contributed by atoms with Crippen molar-refractivity contribution in [3.05, 3.63) is 35.4 Å². The van der Waals surface area contributed by atoms with Crippen molar-refractivity contribution in [2.75, 3.05) is 7.05 Å². The van der Waals surface area contributed by atoms with Gasteiger partial charge >= 0.3 is 12.1 Å². The van der Waals surface area contributed by atoms with Gasteiger partial charge in [0, 0.05) is 13.6 Å². The molecule has 1 aliphatic rings. The van der Waals surface area contributed by atoms with Crippen molar-refractivity contribution >= 4 is 11.9 Å². The highest BCUT2D eigenvalue weighted by atomic mass is 19.4. The fourth-order valence-corrected chi connectivity index (χ4v) is 2.57. The Hall–Kier alpha value is -2.05. The molecule has 0 heterocycles. The molecule has 2 rings (SSSR count). The van der Waals surface area contributed by atoms with Crippen LogP contribution in [0.2, 0.25) is 0 Å². The summed E-state index contributed by atoms with van der Waals surface area (Å²) in [6, 6.07) is 4.77. The molecule has 22 heavy (non-hydrogen) atoms. The zero-order valence-electron chi connectivity index (χ0n) is 11.9. The van der Waals surface area contributed by atoms with Crippen molar-refractivity contribution in [2.45, 2.75) is 25.6 Å². The quantitative estimate of drug-likeness (QED) is 0.929.